The van der Waals surface area contributed by atoms with E-state index in [0.717, 1.165) is 25.7 Å². The van der Waals surface area contributed by atoms with Crippen LogP contribution in [-0.2, 0) is 9.47 Å². The molecule has 10 heteroatoms. The van der Waals surface area contributed by atoms with Crippen LogP contribution in [0.4, 0.5) is 0 Å². The van der Waals surface area contributed by atoms with Crippen LogP contribution in [0.5, 0.6) is 0 Å². The number of fused-ring (bicyclic) bond motifs is 6. The second-order valence-electron chi connectivity index (χ2n) is 8.59. The molecule has 8 N–H and O–H groups in total. The van der Waals surface area contributed by atoms with Gasteiger partial charge in [0.25, 0.3) is 0 Å². The summed E-state index contributed by atoms with van der Waals surface area (Å²) in [6.45, 7) is 1.43. The van der Waals surface area contributed by atoms with Crippen molar-refractivity contribution >= 4 is 0 Å². The van der Waals surface area contributed by atoms with E-state index >= 15 is 0 Å². The molecule has 0 aromatic rings. The van der Waals surface area contributed by atoms with Crippen LogP contribution in [0.15, 0.2) is 0 Å². The fraction of sp³-hybridized carbons (Fsp3) is 1.00. The molecule has 0 spiro atoms. The molecule has 0 amide bonds. The first-order valence-corrected chi connectivity index (χ1v) is 11.1. The molecule has 0 aromatic carbocycles. The average Bonchev–Trinajstić information content (AvgIpc) is 2.71. The lowest BCUT2D eigenvalue weighted by Gasteiger charge is -2.45. The van der Waals surface area contributed by atoms with E-state index in [2.05, 4.69) is 42.5 Å². The zero-order valence-electron chi connectivity index (χ0n) is 16.5. The quantitative estimate of drug-likeness (QED) is 0.245. The highest BCUT2D eigenvalue weighted by Gasteiger charge is 2.36. The molecule has 160 valence electrons. The minimum atomic E-state index is -0.154. The van der Waals surface area contributed by atoms with Crippen molar-refractivity contribution in [3.05, 3.63) is 0 Å². The summed E-state index contributed by atoms with van der Waals surface area (Å²) in [7, 11) is 0. The Labute approximate surface area is 167 Å². The molecule has 3 saturated heterocycles. The van der Waals surface area contributed by atoms with Crippen LogP contribution in [-0.4, -0.2) is 62.9 Å². The topological polar surface area (TPSA) is 115 Å². The lowest BCUT2D eigenvalue weighted by Crippen LogP contribution is -2.73. The first-order chi connectivity index (χ1) is 13.8. The van der Waals surface area contributed by atoms with Crippen molar-refractivity contribution in [3.63, 3.8) is 0 Å². The Morgan fingerprint density at radius 2 is 0.964 bits per heavy atom. The highest BCUT2D eigenvalue weighted by atomic mass is 16.5. The summed E-state index contributed by atoms with van der Waals surface area (Å²) in [6.07, 6.45) is 9.42. The van der Waals surface area contributed by atoms with Crippen LogP contribution in [0, 0.1) is 0 Å². The Kier molecular flexibility index (Phi) is 6.41. The normalized spacial score (nSPS) is 48.0. The maximum atomic E-state index is 6.48. The molecule has 5 fully saturated rings. The average molecular weight is 397 g/mol. The molecule has 3 aliphatic heterocycles. The molecule has 3 heterocycles. The molecule has 8 atom stereocenters. The zero-order chi connectivity index (χ0) is 18.8. The summed E-state index contributed by atoms with van der Waals surface area (Å²) in [5.41, 5.74) is 0. The van der Waals surface area contributed by atoms with Crippen molar-refractivity contribution in [2.75, 3.05) is 13.3 Å². The lowest BCUT2D eigenvalue weighted by atomic mass is 9.92. The van der Waals surface area contributed by atoms with Gasteiger partial charge in [-0.25, -0.2) is 0 Å². The minimum absolute atomic E-state index is 0.0140. The predicted molar refractivity (Wildman–Crippen MR) is 104 cm³/mol. The summed E-state index contributed by atoms with van der Waals surface area (Å²) >= 11 is 0. The fourth-order valence-corrected chi connectivity index (χ4v) is 5.11. The molecular weight excluding hydrogens is 360 g/mol. The van der Waals surface area contributed by atoms with Crippen LogP contribution < -0.4 is 42.5 Å². The van der Waals surface area contributed by atoms with Gasteiger partial charge in [0, 0.05) is 12.1 Å². The summed E-state index contributed by atoms with van der Waals surface area (Å²) in [6, 6.07) is 0.625. The van der Waals surface area contributed by atoms with E-state index in [0.29, 0.717) is 25.4 Å². The van der Waals surface area contributed by atoms with Gasteiger partial charge in [0.15, 0.2) is 12.7 Å². The van der Waals surface area contributed by atoms with Gasteiger partial charge in [0.1, 0.15) is 12.6 Å². The van der Waals surface area contributed by atoms with Gasteiger partial charge in [-0.05, 0) is 25.7 Å². The van der Waals surface area contributed by atoms with Gasteiger partial charge >= 0.3 is 0 Å². The van der Waals surface area contributed by atoms with Crippen LogP contribution in [0.2, 0.25) is 0 Å². The Morgan fingerprint density at radius 1 is 0.500 bits per heavy atom. The van der Waals surface area contributed by atoms with Gasteiger partial charge in [-0.3, -0.25) is 42.5 Å². The van der Waals surface area contributed by atoms with E-state index in [-0.39, 0.29) is 37.5 Å². The van der Waals surface area contributed by atoms with Gasteiger partial charge in [-0.15, -0.1) is 0 Å². The second kappa shape index (κ2) is 9.17. The van der Waals surface area contributed by atoms with Crippen LogP contribution >= 0.6 is 0 Å². The molecule has 0 radical (unpaired) electrons. The van der Waals surface area contributed by atoms with E-state index < -0.39 is 0 Å². The SMILES string of the molecule is C1CCC2OC3NCNC(N3)NC3CCCCC3OC3NCNC(N3)NC2C1. The van der Waals surface area contributed by atoms with E-state index in [1.807, 2.05) is 0 Å². The summed E-state index contributed by atoms with van der Waals surface area (Å²) in [4.78, 5) is 0. The smallest absolute Gasteiger partial charge is 0.167 e. The summed E-state index contributed by atoms with van der Waals surface area (Å²) < 4.78 is 13.0. The van der Waals surface area contributed by atoms with E-state index in [1.54, 1.807) is 0 Å². The van der Waals surface area contributed by atoms with Gasteiger partial charge in [-0.2, -0.15) is 0 Å². The molecule has 0 aromatic heterocycles. The number of ether oxygens (including phenoxy) is 2. The third-order valence-electron chi connectivity index (χ3n) is 6.61. The van der Waals surface area contributed by atoms with Crippen molar-refractivity contribution < 1.29 is 9.47 Å². The van der Waals surface area contributed by atoms with Gasteiger partial charge < -0.3 is 9.47 Å². The molecule has 28 heavy (non-hydrogen) atoms. The van der Waals surface area contributed by atoms with Crippen molar-refractivity contribution in [2.24, 2.45) is 0 Å². The summed E-state index contributed by atoms with van der Waals surface area (Å²) in [5.74, 6) is 0. The third-order valence-corrected chi connectivity index (χ3v) is 6.61. The monoisotopic (exact) mass is 396 g/mol. The first kappa shape index (κ1) is 19.6. The van der Waals surface area contributed by atoms with Crippen molar-refractivity contribution in [1.82, 2.24) is 42.5 Å². The van der Waals surface area contributed by atoms with Crippen molar-refractivity contribution in [2.45, 2.75) is 101 Å². The fourth-order valence-electron chi connectivity index (χ4n) is 5.11. The van der Waals surface area contributed by atoms with E-state index in [1.165, 1.54) is 25.7 Å². The Bertz CT molecular complexity index is 430. The van der Waals surface area contributed by atoms with E-state index in [9.17, 15) is 0 Å². The van der Waals surface area contributed by atoms with Gasteiger partial charge in [0.2, 0.25) is 0 Å². The highest BCUT2D eigenvalue weighted by Crippen LogP contribution is 2.24. The van der Waals surface area contributed by atoms with Crippen LogP contribution in [0.25, 0.3) is 0 Å². The van der Waals surface area contributed by atoms with Crippen molar-refractivity contribution in [1.29, 1.82) is 0 Å². The number of hydrogen-bond acceptors (Lipinski definition) is 10. The third kappa shape index (κ3) is 4.67. The number of rotatable bonds is 0. The van der Waals surface area contributed by atoms with Gasteiger partial charge in [-0.1, -0.05) is 25.7 Å². The zero-order valence-corrected chi connectivity index (χ0v) is 16.5. The molecule has 10 nitrogen and oxygen atoms in total. The Morgan fingerprint density at radius 3 is 1.46 bits per heavy atom. The first-order valence-electron chi connectivity index (χ1n) is 11.1. The number of nitrogens with one attached hydrogen (secondary N) is 8. The minimum Gasteiger partial charge on any atom is -0.345 e. The van der Waals surface area contributed by atoms with Crippen LogP contribution in [0.1, 0.15) is 51.4 Å². The summed E-state index contributed by atoms with van der Waals surface area (Å²) in [5, 5.41) is 28.2. The molecule has 2 saturated carbocycles. The second-order valence-corrected chi connectivity index (χ2v) is 8.59. The highest BCUT2D eigenvalue weighted by molar-refractivity contribution is 4.89. The maximum absolute atomic E-state index is 6.48. The van der Waals surface area contributed by atoms with Gasteiger partial charge in [0.05, 0.1) is 25.5 Å². The molecular formula is C18H36N8O2. The standard InChI is InChI=1S/C18H36N8O2/c1-3-7-13-11(5-1)23-15-19-9-22-18(25-15)28-14-8-4-2-6-12(14)24-16-20-10-21-17(26-16)27-13/h11-26H,1-10H2. The van der Waals surface area contributed by atoms with Crippen molar-refractivity contribution in [3.8, 4) is 0 Å². The maximum Gasteiger partial charge on any atom is 0.167 e. The molecule has 2 aliphatic carbocycles. The van der Waals surface area contributed by atoms with E-state index in [4.69, 9.17) is 9.47 Å². The predicted octanol–water partition coefficient (Wildman–Crippen LogP) is -1.55. The largest absolute Gasteiger partial charge is 0.345 e. The molecule has 5 aliphatic rings. The van der Waals surface area contributed by atoms with Crippen LogP contribution in [0.3, 0.4) is 0 Å². The molecule has 5 rings (SSSR count). The molecule has 8 unspecified atom stereocenters. The Hall–Kier alpha value is -0.400. The molecule has 4 bridgehead atoms. The lowest BCUT2D eigenvalue weighted by molar-refractivity contribution is -0.123. The Balaban J connectivity index is 1.34. The number of hydrogen-bond donors (Lipinski definition) is 8.